The molecular weight excluding hydrogens is 534 g/mol. The first-order valence-corrected chi connectivity index (χ1v) is 13.1. The molecule has 4 unspecified atom stereocenters. The number of H-pyrrole nitrogens is 2. The number of rotatable bonds is 15. The van der Waals surface area contributed by atoms with Gasteiger partial charge < -0.3 is 41.9 Å². The van der Waals surface area contributed by atoms with Crippen molar-refractivity contribution in [2.75, 3.05) is 0 Å². The van der Waals surface area contributed by atoms with Gasteiger partial charge in [0.15, 0.2) is 0 Å². The van der Waals surface area contributed by atoms with E-state index in [1.165, 1.54) is 12.5 Å². The Labute approximate surface area is 235 Å². The lowest BCUT2D eigenvalue weighted by Gasteiger charge is -2.25. The number of aromatic amines is 2. The van der Waals surface area contributed by atoms with E-state index in [1.807, 2.05) is 38.1 Å². The Morgan fingerprint density at radius 3 is 2.15 bits per heavy atom. The number of para-hydroxylation sites is 1. The van der Waals surface area contributed by atoms with Gasteiger partial charge in [-0.15, -0.1) is 0 Å². The SMILES string of the molecule is CC(C)CC(N)C(=O)NC(Cc1c[nH]c2ccccc12)C(=O)NC(Cc1cnc[nH]1)C(=O)NC(CC(=O)O)C(=O)O. The molecule has 0 fully saturated rings. The van der Waals surface area contributed by atoms with Crippen LogP contribution in [0.1, 0.15) is 37.9 Å². The summed E-state index contributed by atoms with van der Waals surface area (Å²) in [5, 5.41) is 26.7. The van der Waals surface area contributed by atoms with Crippen LogP contribution in [0.25, 0.3) is 10.9 Å². The van der Waals surface area contributed by atoms with Crippen LogP contribution in [0.3, 0.4) is 0 Å². The highest BCUT2D eigenvalue weighted by Gasteiger charge is 2.32. The molecule has 14 heteroatoms. The summed E-state index contributed by atoms with van der Waals surface area (Å²) in [5.74, 6) is -5.02. The number of aliphatic carboxylic acids is 2. The molecule has 0 aliphatic heterocycles. The minimum absolute atomic E-state index is 0.0607. The van der Waals surface area contributed by atoms with Gasteiger partial charge in [-0.3, -0.25) is 19.2 Å². The highest BCUT2D eigenvalue weighted by Crippen LogP contribution is 2.19. The van der Waals surface area contributed by atoms with E-state index < -0.39 is 60.2 Å². The number of amides is 3. The third-order valence-corrected chi connectivity index (χ3v) is 6.40. The lowest BCUT2D eigenvalue weighted by atomic mass is 10.0. The van der Waals surface area contributed by atoms with Gasteiger partial charge in [-0.05, 0) is 24.0 Å². The summed E-state index contributed by atoms with van der Waals surface area (Å²) in [7, 11) is 0. The van der Waals surface area contributed by atoms with E-state index in [9.17, 15) is 29.1 Å². The quantitative estimate of drug-likeness (QED) is 0.123. The Balaban J connectivity index is 1.87. The van der Waals surface area contributed by atoms with E-state index in [0.717, 1.165) is 16.5 Å². The molecule has 0 aliphatic carbocycles. The fraction of sp³-hybridized carbons (Fsp3) is 0.407. The molecule has 41 heavy (non-hydrogen) atoms. The number of benzene rings is 1. The predicted molar refractivity (Wildman–Crippen MR) is 147 cm³/mol. The minimum Gasteiger partial charge on any atom is -0.481 e. The lowest BCUT2D eigenvalue weighted by Crippen LogP contribution is -2.58. The molecule has 4 atom stereocenters. The van der Waals surface area contributed by atoms with Crippen molar-refractivity contribution in [2.45, 2.75) is 63.7 Å². The van der Waals surface area contributed by atoms with Crippen molar-refractivity contribution in [3.63, 3.8) is 0 Å². The summed E-state index contributed by atoms with van der Waals surface area (Å²) in [6, 6.07) is 2.36. The number of imidazole rings is 1. The molecule has 0 spiro atoms. The Bertz CT molecular complexity index is 1370. The van der Waals surface area contributed by atoms with Crippen molar-refractivity contribution in [3.05, 3.63) is 54.2 Å². The maximum Gasteiger partial charge on any atom is 0.326 e. The van der Waals surface area contributed by atoms with Crippen LogP contribution in [0.4, 0.5) is 0 Å². The van der Waals surface area contributed by atoms with Crippen LogP contribution >= 0.6 is 0 Å². The first kappa shape index (κ1) is 30.8. The van der Waals surface area contributed by atoms with Crippen LogP contribution < -0.4 is 21.7 Å². The molecule has 2 heterocycles. The van der Waals surface area contributed by atoms with Crippen molar-refractivity contribution >= 4 is 40.6 Å². The summed E-state index contributed by atoms with van der Waals surface area (Å²) >= 11 is 0. The molecule has 2 aromatic heterocycles. The smallest absolute Gasteiger partial charge is 0.326 e. The molecule has 9 N–H and O–H groups in total. The number of nitrogens with zero attached hydrogens (tertiary/aromatic N) is 1. The molecule has 3 rings (SSSR count). The Kier molecular flexibility index (Phi) is 10.6. The van der Waals surface area contributed by atoms with Crippen LogP contribution in [0.5, 0.6) is 0 Å². The number of hydrogen-bond acceptors (Lipinski definition) is 7. The van der Waals surface area contributed by atoms with Crippen molar-refractivity contribution in [3.8, 4) is 0 Å². The second-order valence-electron chi connectivity index (χ2n) is 10.2. The van der Waals surface area contributed by atoms with Gasteiger partial charge >= 0.3 is 11.9 Å². The van der Waals surface area contributed by atoms with Crippen molar-refractivity contribution in [1.29, 1.82) is 0 Å². The number of fused-ring (bicyclic) bond motifs is 1. The topological polar surface area (TPSA) is 232 Å². The third-order valence-electron chi connectivity index (χ3n) is 6.40. The number of nitrogens with two attached hydrogens (primary N) is 1. The van der Waals surface area contributed by atoms with Gasteiger partial charge in [-0.1, -0.05) is 32.0 Å². The molecule has 3 amide bonds. The van der Waals surface area contributed by atoms with Crippen LogP contribution in [-0.4, -0.2) is 79.0 Å². The largest absolute Gasteiger partial charge is 0.481 e. The molecule has 14 nitrogen and oxygen atoms in total. The molecule has 0 bridgehead atoms. The molecule has 0 saturated heterocycles. The van der Waals surface area contributed by atoms with Crippen LogP contribution in [0, 0.1) is 5.92 Å². The van der Waals surface area contributed by atoms with E-state index in [-0.39, 0.29) is 18.8 Å². The standard InChI is InChI=1S/C27H35N7O7/c1-14(2)7-18(28)24(37)32-20(8-15-11-30-19-6-4-3-5-17(15)19)25(38)33-21(9-16-12-29-13-31-16)26(39)34-22(27(40)41)10-23(35)36/h3-6,11-14,18,20-22,30H,7-10,28H2,1-2H3,(H,29,31)(H,32,37)(H,33,38)(H,34,39)(H,35,36)(H,40,41). The Hall–Kier alpha value is -4.72. The van der Waals surface area contributed by atoms with E-state index in [2.05, 4.69) is 30.9 Å². The normalized spacial score (nSPS) is 14.1. The van der Waals surface area contributed by atoms with E-state index >= 15 is 0 Å². The van der Waals surface area contributed by atoms with E-state index in [0.29, 0.717) is 12.1 Å². The van der Waals surface area contributed by atoms with Gasteiger partial charge in [-0.25, -0.2) is 9.78 Å². The molecular formula is C27H35N7O7. The Morgan fingerprint density at radius 2 is 1.54 bits per heavy atom. The average Bonchev–Trinajstić information content (AvgIpc) is 3.56. The lowest BCUT2D eigenvalue weighted by molar-refractivity contribution is -0.147. The molecule has 220 valence electrons. The van der Waals surface area contributed by atoms with E-state index in [4.69, 9.17) is 10.8 Å². The van der Waals surface area contributed by atoms with Gasteiger partial charge in [-0.2, -0.15) is 0 Å². The first-order chi connectivity index (χ1) is 19.4. The van der Waals surface area contributed by atoms with Crippen molar-refractivity contribution in [2.24, 2.45) is 11.7 Å². The number of nitrogens with one attached hydrogen (secondary N) is 5. The summed E-state index contributed by atoms with van der Waals surface area (Å²) in [6.45, 7) is 3.83. The number of carbonyl (C=O) groups excluding carboxylic acids is 3. The maximum absolute atomic E-state index is 13.6. The zero-order valence-electron chi connectivity index (χ0n) is 22.7. The number of hydrogen-bond donors (Lipinski definition) is 8. The van der Waals surface area contributed by atoms with Gasteiger partial charge in [0.05, 0.1) is 18.8 Å². The second kappa shape index (κ2) is 14.1. The zero-order valence-corrected chi connectivity index (χ0v) is 22.7. The van der Waals surface area contributed by atoms with Crippen LogP contribution in [0.15, 0.2) is 43.0 Å². The minimum atomic E-state index is -1.73. The Morgan fingerprint density at radius 1 is 0.902 bits per heavy atom. The fourth-order valence-electron chi connectivity index (χ4n) is 4.37. The fourth-order valence-corrected chi connectivity index (χ4v) is 4.37. The molecule has 1 aromatic carbocycles. The number of carboxylic acid groups (broad SMARTS) is 2. The number of aromatic nitrogens is 3. The molecule has 0 saturated carbocycles. The van der Waals surface area contributed by atoms with Crippen molar-refractivity contribution in [1.82, 2.24) is 30.9 Å². The predicted octanol–water partition coefficient (Wildman–Crippen LogP) is 0.0633. The van der Waals surface area contributed by atoms with Crippen LogP contribution in [-0.2, 0) is 36.8 Å². The van der Waals surface area contributed by atoms with Crippen LogP contribution in [0.2, 0.25) is 0 Å². The molecule has 3 aromatic rings. The summed E-state index contributed by atoms with van der Waals surface area (Å²) < 4.78 is 0. The third kappa shape index (κ3) is 8.89. The van der Waals surface area contributed by atoms with Gasteiger partial charge in [0, 0.05) is 41.8 Å². The number of carboxylic acids is 2. The average molecular weight is 570 g/mol. The van der Waals surface area contributed by atoms with Gasteiger partial charge in [0.25, 0.3) is 0 Å². The molecule has 0 radical (unpaired) electrons. The first-order valence-electron chi connectivity index (χ1n) is 13.1. The van der Waals surface area contributed by atoms with E-state index in [1.54, 1.807) is 6.20 Å². The summed E-state index contributed by atoms with van der Waals surface area (Å²) in [6.07, 6.45) is 3.99. The van der Waals surface area contributed by atoms with Crippen molar-refractivity contribution < 1.29 is 34.2 Å². The second-order valence-corrected chi connectivity index (χ2v) is 10.2. The highest BCUT2D eigenvalue weighted by molar-refractivity contribution is 5.95. The maximum atomic E-state index is 13.6. The molecule has 0 aliphatic rings. The number of carbonyl (C=O) groups is 5. The van der Waals surface area contributed by atoms with Gasteiger partial charge in [0.2, 0.25) is 17.7 Å². The van der Waals surface area contributed by atoms with Gasteiger partial charge in [0.1, 0.15) is 18.1 Å². The monoisotopic (exact) mass is 569 g/mol. The highest BCUT2D eigenvalue weighted by atomic mass is 16.4. The summed E-state index contributed by atoms with van der Waals surface area (Å²) in [4.78, 5) is 72.2. The summed E-state index contributed by atoms with van der Waals surface area (Å²) in [5.41, 5.74) is 8.08. The zero-order chi connectivity index (χ0) is 30.1.